The molecule has 0 amide bonds. The minimum atomic E-state index is -0.444. The van der Waals surface area contributed by atoms with E-state index in [0.717, 1.165) is 9.88 Å². The summed E-state index contributed by atoms with van der Waals surface area (Å²) < 4.78 is 0. The van der Waals surface area contributed by atoms with Crippen molar-refractivity contribution in [3.8, 4) is 0 Å². The van der Waals surface area contributed by atoms with Crippen molar-refractivity contribution in [1.82, 2.24) is 4.98 Å². The lowest BCUT2D eigenvalue weighted by Crippen LogP contribution is -2.03. The molecule has 0 aliphatic heterocycles. The number of hydrogen-bond donors (Lipinski definition) is 1. The van der Waals surface area contributed by atoms with Gasteiger partial charge in [-0.15, -0.1) is 11.3 Å². The molecule has 2 aromatic rings. The molecule has 0 spiro atoms. The number of aryl methyl sites for hydroxylation is 3. The number of nitrogens with zero attached hydrogens (tertiary/aromatic N) is 1. The van der Waals surface area contributed by atoms with E-state index in [1.54, 1.807) is 17.5 Å². The van der Waals surface area contributed by atoms with Gasteiger partial charge in [0.05, 0.1) is 16.0 Å². The molecule has 0 aliphatic rings. The Labute approximate surface area is 106 Å². The molecule has 17 heavy (non-hydrogen) atoms. The van der Waals surface area contributed by atoms with Crippen LogP contribution in [0.1, 0.15) is 32.7 Å². The van der Waals surface area contributed by atoms with Crippen LogP contribution in [0.4, 0.5) is 0 Å². The summed E-state index contributed by atoms with van der Waals surface area (Å²) in [5.74, 6) is 0. The Morgan fingerprint density at radius 2 is 1.88 bits per heavy atom. The maximum Gasteiger partial charge on any atom is 0.0938 e. The van der Waals surface area contributed by atoms with E-state index in [-0.39, 0.29) is 0 Å². The van der Waals surface area contributed by atoms with Gasteiger partial charge < -0.3 is 5.11 Å². The van der Waals surface area contributed by atoms with Crippen molar-refractivity contribution in [3.05, 3.63) is 51.0 Å². The smallest absolute Gasteiger partial charge is 0.0938 e. The monoisotopic (exact) mass is 247 g/mol. The summed E-state index contributed by atoms with van der Waals surface area (Å²) in [6, 6.07) is 6.23. The number of rotatable bonds is 3. The van der Waals surface area contributed by atoms with Crippen LogP contribution in [-0.2, 0) is 6.42 Å². The molecule has 3 heteroatoms. The Morgan fingerprint density at radius 3 is 2.41 bits per heavy atom. The molecule has 1 aromatic carbocycles. The Hall–Kier alpha value is -1.19. The Morgan fingerprint density at radius 1 is 1.24 bits per heavy atom. The summed E-state index contributed by atoms with van der Waals surface area (Å²) >= 11 is 1.57. The Kier molecular flexibility index (Phi) is 3.60. The average Bonchev–Trinajstić information content (AvgIpc) is 2.70. The highest BCUT2D eigenvalue weighted by molar-refractivity contribution is 7.11. The second kappa shape index (κ2) is 4.98. The first kappa shape index (κ1) is 12.3. The van der Waals surface area contributed by atoms with Gasteiger partial charge in [-0.1, -0.05) is 18.2 Å². The van der Waals surface area contributed by atoms with Crippen molar-refractivity contribution in [3.63, 3.8) is 0 Å². The third-order valence-electron chi connectivity index (χ3n) is 3.01. The van der Waals surface area contributed by atoms with Crippen molar-refractivity contribution >= 4 is 11.3 Å². The molecule has 1 aromatic heterocycles. The minimum absolute atomic E-state index is 0.444. The third kappa shape index (κ3) is 2.73. The molecule has 0 saturated heterocycles. The van der Waals surface area contributed by atoms with Crippen molar-refractivity contribution in [1.29, 1.82) is 0 Å². The molecular formula is C14H17NOS. The molecular weight excluding hydrogens is 230 g/mol. The van der Waals surface area contributed by atoms with Crippen LogP contribution in [0.3, 0.4) is 0 Å². The van der Waals surface area contributed by atoms with E-state index < -0.39 is 6.10 Å². The molecule has 1 N–H and O–H groups in total. The van der Waals surface area contributed by atoms with E-state index >= 15 is 0 Å². The molecule has 0 aliphatic carbocycles. The lowest BCUT2D eigenvalue weighted by molar-refractivity contribution is 0.181. The molecule has 0 saturated carbocycles. The van der Waals surface area contributed by atoms with Gasteiger partial charge in [0.1, 0.15) is 0 Å². The molecule has 1 atom stereocenters. The number of hydrogen-bond acceptors (Lipinski definition) is 3. The molecule has 1 unspecified atom stereocenters. The van der Waals surface area contributed by atoms with Gasteiger partial charge in [0.15, 0.2) is 0 Å². The molecule has 1 heterocycles. The SMILES string of the molecule is Cc1ncc(C(O)Cc2c(C)cccc2C)s1. The van der Waals surface area contributed by atoms with E-state index in [4.69, 9.17) is 0 Å². The molecule has 0 radical (unpaired) electrons. The molecule has 0 bridgehead atoms. The van der Waals surface area contributed by atoms with Crippen molar-refractivity contribution in [2.45, 2.75) is 33.3 Å². The van der Waals surface area contributed by atoms with Crippen molar-refractivity contribution in [2.24, 2.45) is 0 Å². The number of aromatic nitrogens is 1. The van der Waals surface area contributed by atoms with Crippen molar-refractivity contribution in [2.75, 3.05) is 0 Å². The number of aliphatic hydroxyl groups is 1. The van der Waals surface area contributed by atoms with Crippen LogP contribution in [0.25, 0.3) is 0 Å². The number of thiazole rings is 1. The van der Waals surface area contributed by atoms with Gasteiger partial charge in [0.2, 0.25) is 0 Å². The van der Waals surface area contributed by atoms with E-state index in [9.17, 15) is 5.11 Å². The first-order valence-electron chi connectivity index (χ1n) is 5.73. The van der Waals surface area contributed by atoms with Crippen molar-refractivity contribution < 1.29 is 5.11 Å². The summed E-state index contributed by atoms with van der Waals surface area (Å²) in [6.07, 6.45) is 2.00. The minimum Gasteiger partial charge on any atom is -0.387 e. The van der Waals surface area contributed by atoms with Gasteiger partial charge in [-0.3, -0.25) is 0 Å². The van der Waals surface area contributed by atoms with Gasteiger partial charge >= 0.3 is 0 Å². The summed E-state index contributed by atoms with van der Waals surface area (Å²) in [5.41, 5.74) is 3.72. The fourth-order valence-corrected chi connectivity index (χ4v) is 2.77. The second-order valence-electron chi connectivity index (χ2n) is 4.37. The Balaban J connectivity index is 2.21. The van der Waals surface area contributed by atoms with E-state index in [1.165, 1.54) is 16.7 Å². The molecule has 2 rings (SSSR count). The molecule has 90 valence electrons. The number of aliphatic hydroxyl groups excluding tert-OH is 1. The van der Waals surface area contributed by atoms with Gasteiger partial charge in [-0.05, 0) is 37.5 Å². The topological polar surface area (TPSA) is 33.1 Å². The zero-order chi connectivity index (χ0) is 12.4. The third-order valence-corrected chi connectivity index (χ3v) is 4.02. The fraction of sp³-hybridized carbons (Fsp3) is 0.357. The highest BCUT2D eigenvalue weighted by Crippen LogP contribution is 2.26. The van der Waals surface area contributed by atoms with Gasteiger partial charge in [-0.25, -0.2) is 4.98 Å². The summed E-state index contributed by atoms with van der Waals surface area (Å²) in [7, 11) is 0. The fourth-order valence-electron chi connectivity index (χ4n) is 2.00. The normalized spacial score (nSPS) is 12.7. The van der Waals surface area contributed by atoms with Crippen LogP contribution in [0.2, 0.25) is 0 Å². The van der Waals surface area contributed by atoms with E-state index in [2.05, 4.69) is 37.0 Å². The maximum absolute atomic E-state index is 10.2. The van der Waals surface area contributed by atoms with Crippen LogP contribution in [0.5, 0.6) is 0 Å². The first-order chi connectivity index (χ1) is 8.08. The van der Waals surface area contributed by atoms with E-state index in [0.29, 0.717) is 6.42 Å². The van der Waals surface area contributed by atoms with Crippen LogP contribution in [-0.4, -0.2) is 10.1 Å². The van der Waals surface area contributed by atoms with Crippen LogP contribution in [0.15, 0.2) is 24.4 Å². The average molecular weight is 247 g/mol. The summed E-state index contributed by atoms with van der Waals surface area (Å²) in [5, 5.41) is 11.2. The van der Waals surface area contributed by atoms with Gasteiger partial charge in [0, 0.05) is 12.6 Å². The predicted molar refractivity (Wildman–Crippen MR) is 71.4 cm³/mol. The summed E-state index contributed by atoms with van der Waals surface area (Å²) in [6.45, 7) is 6.14. The van der Waals surface area contributed by atoms with Gasteiger partial charge in [0.25, 0.3) is 0 Å². The van der Waals surface area contributed by atoms with Crippen LogP contribution in [0, 0.1) is 20.8 Å². The summed E-state index contributed by atoms with van der Waals surface area (Å²) in [4.78, 5) is 5.13. The highest BCUT2D eigenvalue weighted by Gasteiger charge is 2.13. The highest BCUT2D eigenvalue weighted by atomic mass is 32.1. The standard InChI is InChI=1S/C14H17NOS/c1-9-5-4-6-10(2)12(9)7-13(16)14-8-15-11(3)17-14/h4-6,8,13,16H,7H2,1-3H3. The quantitative estimate of drug-likeness (QED) is 0.902. The van der Waals surface area contributed by atoms with Crippen LogP contribution >= 0.6 is 11.3 Å². The molecule has 2 nitrogen and oxygen atoms in total. The zero-order valence-corrected chi connectivity index (χ0v) is 11.2. The lowest BCUT2D eigenvalue weighted by atomic mass is 9.97. The van der Waals surface area contributed by atoms with Crippen LogP contribution < -0.4 is 0 Å². The molecule has 0 fully saturated rings. The van der Waals surface area contributed by atoms with E-state index in [1.807, 2.05) is 6.92 Å². The largest absolute Gasteiger partial charge is 0.387 e. The predicted octanol–water partition coefficient (Wildman–Crippen LogP) is 3.34. The maximum atomic E-state index is 10.2. The number of benzene rings is 1. The van der Waals surface area contributed by atoms with Gasteiger partial charge in [-0.2, -0.15) is 0 Å². The lowest BCUT2D eigenvalue weighted by Gasteiger charge is -2.13. The Bertz CT molecular complexity index is 498. The zero-order valence-electron chi connectivity index (χ0n) is 10.4. The first-order valence-corrected chi connectivity index (χ1v) is 6.55. The second-order valence-corrected chi connectivity index (χ2v) is 5.64.